The van der Waals surface area contributed by atoms with E-state index >= 15 is 0 Å². The van der Waals surface area contributed by atoms with Gasteiger partial charge in [0.1, 0.15) is 0 Å². The summed E-state index contributed by atoms with van der Waals surface area (Å²) in [6.07, 6.45) is 5.15. The van der Waals surface area contributed by atoms with Gasteiger partial charge in [0, 0.05) is 11.1 Å². The van der Waals surface area contributed by atoms with Crippen molar-refractivity contribution in [3.8, 4) is 0 Å². The summed E-state index contributed by atoms with van der Waals surface area (Å²) in [5.41, 5.74) is 2.46. The van der Waals surface area contributed by atoms with Crippen molar-refractivity contribution in [1.82, 2.24) is 5.32 Å². The van der Waals surface area contributed by atoms with Crippen LogP contribution in [0.15, 0.2) is 18.2 Å². The van der Waals surface area contributed by atoms with E-state index in [0.717, 1.165) is 11.6 Å². The quantitative estimate of drug-likeness (QED) is 0.763. The standard InChI is InChI=1S/C13H18ClN/c1-10-6-5-7-11(13(10)14)12-8-3-2-4-9-15-12/h5-7,12,15H,2-4,8-9H2,1H3. The molecule has 2 heteroatoms. The summed E-state index contributed by atoms with van der Waals surface area (Å²) in [4.78, 5) is 0. The summed E-state index contributed by atoms with van der Waals surface area (Å²) in [6, 6.07) is 6.78. The lowest BCUT2D eigenvalue weighted by atomic mass is 10.0. The molecule has 0 saturated carbocycles. The lowest BCUT2D eigenvalue weighted by Crippen LogP contribution is -2.20. The molecule has 1 nitrogen and oxygen atoms in total. The number of aryl methyl sites for hydroxylation is 1. The van der Waals surface area contributed by atoms with Crippen LogP contribution in [0.1, 0.15) is 42.9 Å². The first-order chi connectivity index (χ1) is 7.29. The maximum atomic E-state index is 6.34. The van der Waals surface area contributed by atoms with E-state index in [9.17, 15) is 0 Å². The van der Waals surface area contributed by atoms with Crippen LogP contribution < -0.4 is 5.32 Å². The zero-order valence-electron chi connectivity index (χ0n) is 9.22. The molecular weight excluding hydrogens is 206 g/mol. The van der Waals surface area contributed by atoms with Crippen molar-refractivity contribution in [1.29, 1.82) is 0 Å². The Hall–Kier alpha value is -0.530. The van der Waals surface area contributed by atoms with Gasteiger partial charge in [0.05, 0.1) is 0 Å². The van der Waals surface area contributed by atoms with Gasteiger partial charge in [-0.1, -0.05) is 42.6 Å². The largest absolute Gasteiger partial charge is 0.310 e. The second-order valence-electron chi connectivity index (χ2n) is 4.33. The Balaban J connectivity index is 2.23. The summed E-state index contributed by atoms with van der Waals surface area (Å²) in [5.74, 6) is 0. The van der Waals surface area contributed by atoms with E-state index < -0.39 is 0 Å². The van der Waals surface area contributed by atoms with Gasteiger partial charge in [0.2, 0.25) is 0 Å². The van der Waals surface area contributed by atoms with Gasteiger partial charge < -0.3 is 5.32 Å². The predicted octanol–water partition coefficient (Wildman–Crippen LogP) is 3.85. The van der Waals surface area contributed by atoms with Crippen LogP contribution >= 0.6 is 11.6 Å². The molecule has 1 aliphatic rings. The molecule has 1 unspecified atom stereocenters. The fourth-order valence-corrected chi connectivity index (χ4v) is 2.49. The molecule has 1 N–H and O–H groups in total. The van der Waals surface area contributed by atoms with Crippen LogP contribution in [0.3, 0.4) is 0 Å². The summed E-state index contributed by atoms with van der Waals surface area (Å²) in [7, 11) is 0. The lowest BCUT2D eigenvalue weighted by molar-refractivity contribution is 0.535. The molecule has 0 radical (unpaired) electrons. The number of halogens is 1. The van der Waals surface area contributed by atoms with Crippen molar-refractivity contribution in [3.63, 3.8) is 0 Å². The van der Waals surface area contributed by atoms with E-state index in [4.69, 9.17) is 11.6 Å². The van der Waals surface area contributed by atoms with Crippen LogP contribution in [0.2, 0.25) is 5.02 Å². The average molecular weight is 224 g/mol. The Bertz CT molecular complexity index is 327. The van der Waals surface area contributed by atoms with Crippen molar-refractivity contribution in [2.45, 2.75) is 38.6 Å². The Kier molecular flexibility index (Phi) is 3.66. The zero-order valence-corrected chi connectivity index (χ0v) is 9.98. The third kappa shape index (κ3) is 2.53. The average Bonchev–Trinajstić information content (AvgIpc) is 2.50. The molecule has 1 aromatic carbocycles. The van der Waals surface area contributed by atoms with E-state index in [2.05, 4.69) is 30.4 Å². The predicted molar refractivity (Wildman–Crippen MR) is 65.4 cm³/mol. The molecule has 1 fully saturated rings. The van der Waals surface area contributed by atoms with E-state index in [1.165, 1.54) is 36.8 Å². The number of hydrogen-bond donors (Lipinski definition) is 1. The van der Waals surface area contributed by atoms with Crippen LogP contribution in [0.5, 0.6) is 0 Å². The minimum absolute atomic E-state index is 0.458. The molecule has 0 bridgehead atoms. The van der Waals surface area contributed by atoms with Crippen LogP contribution in [0.4, 0.5) is 0 Å². The van der Waals surface area contributed by atoms with Gasteiger partial charge in [-0.05, 0) is 37.4 Å². The molecule has 0 amide bonds. The molecule has 0 aliphatic carbocycles. The number of rotatable bonds is 1. The van der Waals surface area contributed by atoms with Gasteiger partial charge in [-0.15, -0.1) is 0 Å². The molecular formula is C13H18ClN. The van der Waals surface area contributed by atoms with Crippen LogP contribution in [0, 0.1) is 6.92 Å². The molecule has 1 aromatic rings. The molecule has 1 heterocycles. The van der Waals surface area contributed by atoms with E-state index in [1.807, 2.05) is 0 Å². The van der Waals surface area contributed by atoms with Crippen molar-refractivity contribution in [3.05, 3.63) is 34.3 Å². The van der Waals surface area contributed by atoms with E-state index in [-0.39, 0.29) is 0 Å². The summed E-state index contributed by atoms with van der Waals surface area (Å²) >= 11 is 6.34. The van der Waals surface area contributed by atoms with Gasteiger partial charge in [-0.2, -0.15) is 0 Å². The fraction of sp³-hybridized carbons (Fsp3) is 0.538. The van der Waals surface area contributed by atoms with E-state index in [1.54, 1.807) is 0 Å². The highest BCUT2D eigenvalue weighted by Gasteiger charge is 2.16. The molecule has 1 atom stereocenters. The number of hydrogen-bond acceptors (Lipinski definition) is 1. The Morgan fingerprint density at radius 2 is 2.13 bits per heavy atom. The van der Waals surface area contributed by atoms with E-state index in [0.29, 0.717) is 6.04 Å². The van der Waals surface area contributed by atoms with Gasteiger partial charge in [-0.25, -0.2) is 0 Å². The fourth-order valence-electron chi connectivity index (χ4n) is 2.23. The summed E-state index contributed by atoms with van der Waals surface area (Å²) in [5, 5.41) is 4.52. The van der Waals surface area contributed by atoms with Crippen LogP contribution in [0.25, 0.3) is 0 Å². The maximum absolute atomic E-state index is 6.34. The number of benzene rings is 1. The molecule has 1 aliphatic heterocycles. The molecule has 82 valence electrons. The first-order valence-corrected chi connectivity index (χ1v) is 6.15. The highest BCUT2D eigenvalue weighted by Crippen LogP contribution is 2.30. The molecule has 0 aromatic heterocycles. The second kappa shape index (κ2) is 5.00. The first kappa shape index (κ1) is 11.0. The Morgan fingerprint density at radius 3 is 3.00 bits per heavy atom. The third-order valence-electron chi connectivity index (χ3n) is 3.16. The normalized spacial score (nSPS) is 22.4. The Labute approximate surface area is 96.8 Å². The second-order valence-corrected chi connectivity index (χ2v) is 4.71. The summed E-state index contributed by atoms with van der Waals surface area (Å²) in [6.45, 7) is 3.19. The third-order valence-corrected chi connectivity index (χ3v) is 3.67. The highest BCUT2D eigenvalue weighted by molar-refractivity contribution is 6.32. The van der Waals surface area contributed by atoms with Crippen molar-refractivity contribution in [2.24, 2.45) is 0 Å². The van der Waals surface area contributed by atoms with Gasteiger partial charge in [0.15, 0.2) is 0 Å². The highest BCUT2D eigenvalue weighted by atomic mass is 35.5. The number of nitrogens with one attached hydrogen (secondary N) is 1. The summed E-state index contributed by atoms with van der Waals surface area (Å²) < 4.78 is 0. The topological polar surface area (TPSA) is 12.0 Å². The van der Waals surface area contributed by atoms with Gasteiger partial charge >= 0.3 is 0 Å². The van der Waals surface area contributed by atoms with Gasteiger partial charge in [0.25, 0.3) is 0 Å². The molecule has 15 heavy (non-hydrogen) atoms. The van der Waals surface area contributed by atoms with Crippen molar-refractivity contribution < 1.29 is 0 Å². The van der Waals surface area contributed by atoms with Crippen LogP contribution in [-0.2, 0) is 0 Å². The molecule has 0 spiro atoms. The van der Waals surface area contributed by atoms with Gasteiger partial charge in [-0.3, -0.25) is 0 Å². The maximum Gasteiger partial charge on any atom is 0.0482 e. The van der Waals surface area contributed by atoms with Crippen molar-refractivity contribution >= 4 is 11.6 Å². The zero-order chi connectivity index (χ0) is 10.7. The van der Waals surface area contributed by atoms with Crippen LogP contribution in [-0.4, -0.2) is 6.54 Å². The monoisotopic (exact) mass is 223 g/mol. The SMILES string of the molecule is Cc1cccc(C2CCCCCN2)c1Cl. The first-order valence-electron chi connectivity index (χ1n) is 5.77. The van der Waals surface area contributed by atoms with Crippen molar-refractivity contribution in [2.75, 3.05) is 6.54 Å². The molecule has 2 rings (SSSR count). The minimum atomic E-state index is 0.458. The molecule has 1 saturated heterocycles. The Morgan fingerprint density at radius 1 is 1.27 bits per heavy atom. The lowest BCUT2D eigenvalue weighted by Gasteiger charge is -2.18. The minimum Gasteiger partial charge on any atom is -0.310 e. The smallest absolute Gasteiger partial charge is 0.0482 e.